The highest BCUT2D eigenvalue weighted by Gasteiger charge is 2.28. The van der Waals surface area contributed by atoms with Gasteiger partial charge in [0.15, 0.2) is 0 Å². The van der Waals surface area contributed by atoms with Crippen molar-refractivity contribution in [2.45, 2.75) is 31.9 Å². The van der Waals surface area contributed by atoms with Crippen molar-refractivity contribution < 1.29 is 14.6 Å². The zero-order chi connectivity index (χ0) is 20.9. The van der Waals surface area contributed by atoms with E-state index in [0.29, 0.717) is 0 Å². The van der Waals surface area contributed by atoms with Crippen LogP contribution in [0.15, 0.2) is 66.9 Å². The van der Waals surface area contributed by atoms with Crippen LogP contribution in [0.4, 0.5) is 5.82 Å². The molecule has 1 aromatic heterocycles. The Hall–Kier alpha value is -3.25. The molecule has 0 spiro atoms. The van der Waals surface area contributed by atoms with Crippen LogP contribution >= 0.6 is 0 Å². The third-order valence-corrected chi connectivity index (χ3v) is 5.42. The monoisotopic (exact) mass is 403 g/mol. The summed E-state index contributed by atoms with van der Waals surface area (Å²) < 4.78 is 5.51. The number of aliphatic carboxylic acids is 1. The number of ether oxygens (including phenoxy) is 1. The molecule has 3 aromatic rings. The minimum atomic E-state index is -0.931. The Morgan fingerprint density at radius 1 is 1.07 bits per heavy atom. The lowest BCUT2D eigenvalue weighted by molar-refractivity contribution is -0.144. The van der Waals surface area contributed by atoms with Gasteiger partial charge in [-0.2, -0.15) is 0 Å². The highest BCUT2D eigenvalue weighted by atomic mass is 16.5. The summed E-state index contributed by atoms with van der Waals surface area (Å²) in [5.41, 5.74) is 3.77. The maximum atomic E-state index is 10.8. The Labute approximate surface area is 176 Å². The Kier molecular flexibility index (Phi) is 6.05. The van der Waals surface area contributed by atoms with Gasteiger partial charge in [0.1, 0.15) is 12.4 Å². The first-order chi connectivity index (χ1) is 14.6. The fraction of sp³-hybridized carbons (Fsp3) is 0.292. The van der Waals surface area contributed by atoms with E-state index in [0.717, 1.165) is 47.7 Å². The summed E-state index contributed by atoms with van der Waals surface area (Å²) in [7, 11) is 0. The van der Waals surface area contributed by atoms with Gasteiger partial charge in [-0.1, -0.05) is 60.7 Å². The molecule has 0 aliphatic carbocycles. The molecule has 154 valence electrons. The van der Waals surface area contributed by atoms with E-state index < -0.39 is 5.97 Å². The largest absolute Gasteiger partial charge is 0.480 e. The molecule has 0 radical (unpaired) electrons. The van der Waals surface area contributed by atoms with Crippen LogP contribution in [0.2, 0.25) is 0 Å². The van der Waals surface area contributed by atoms with Gasteiger partial charge in [0.2, 0.25) is 0 Å². The number of piperidine rings is 1. The van der Waals surface area contributed by atoms with Crippen LogP contribution in [-0.2, 0) is 9.53 Å². The van der Waals surface area contributed by atoms with E-state index in [1.54, 1.807) is 0 Å². The number of hydrogen-bond acceptors (Lipinski definition) is 5. The van der Waals surface area contributed by atoms with Crippen LogP contribution in [0.5, 0.6) is 0 Å². The smallest absolute Gasteiger partial charge is 0.329 e. The predicted molar refractivity (Wildman–Crippen MR) is 116 cm³/mol. The third kappa shape index (κ3) is 4.49. The van der Waals surface area contributed by atoms with Gasteiger partial charge < -0.3 is 14.7 Å². The average Bonchev–Trinajstić information content (AvgIpc) is 2.78. The number of nitrogens with zero attached hydrogens (tertiary/aromatic N) is 3. The maximum Gasteiger partial charge on any atom is 0.329 e. The second kappa shape index (κ2) is 9.05. The van der Waals surface area contributed by atoms with Crippen LogP contribution in [0.1, 0.15) is 19.8 Å². The molecule has 0 saturated carbocycles. The summed E-state index contributed by atoms with van der Waals surface area (Å²) in [4.78, 5) is 22.8. The van der Waals surface area contributed by atoms with Crippen molar-refractivity contribution in [3.63, 3.8) is 0 Å². The van der Waals surface area contributed by atoms with E-state index >= 15 is 0 Å². The molecule has 2 aromatic carbocycles. The second-order valence-electron chi connectivity index (χ2n) is 7.55. The van der Waals surface area contributed by atoms with Crippen LogP contribution in [-0.4, -0.2) is 46.3 Å². The molecule has 1 aliphatic heterocycles. The zero-order valence-electron chi connectivity index (χ0n) is 16.9. The molecule has 2 atom stereocenters. The van der Waals surface area contributed by atoms with Crippen LogP contribution in [0.25, 0.3) is 22.5 Å². The van der Waals surface area contributed by atoms with E-state index in [9.17, 15) is 4.79 Å². The van der Waals surface area contributed by atoms with Gasteiger partial charge in [0, 0.05) is 23.7 Å². The highest BCUT2D eigenvalue weighted by Crippen LogP contribution is 2.32. The quantitative estimate of drug-likeness (QED) is 0.662. The van der Waals surface area contributed by atoms with E-state index in [4.69, 9.17) is 19.8 Å². The summed E-state index contributed by atoms with van der Waals surface area (Å²) in [5.74, 6) is -0.0994. The minimum Gasteiger partial charge on any atom is -0.480 e. The van der Waals surface area contributed by atoms with Crippen LogP contribution < -0.4 is 4.90 Å². The van der Waals surface area contributed by atoms with E-state index in [-0.39, 0.29) is 18.8 Å². The highest BCUT2D eigenvalue weighted by molar-refractivity contribution is 5.78. The van der Waals surface area contributed by atoms with Gasteiger partial charge in [-0.15, -0.1) is 0 Å². The fourth-order valence-electron chi connectivity index (χ4n) is 3.93. The van der Waals surface area contributed by atoms with E-state index in [2.05, 4.69) is 24.0 Å². The van der Waals surface area contributed by atoms with Gasteiger partial charge in [0.05, 0.1) is 23.7 Å². The first kappa shape index (κ1) is 20.0. The lowest BCUT2D eigenvalue weighted by atomic mass is 10.0. The summed E-state index contributed by atoms with van der Waals surface area (Å²) in [6, 6.07) is 20.4. The number of carboxylic acid groups (broad SMARTS) is 1. The third-order valence-electron chi connectivity index (χ3n) is 5.42. The molecule has 2 heterocycles. The first-order valence-electron chi connectivity index (χ1n) is 10.2. The van der Waals surface area contributed by atoms with Crippen LogP contribution in [0.3, 0.4) is 0 Å². The molecule has 30 heavy (non-hydrogen) atoms. The fourth-order valence-corrected chi connectivity index (χ4v) is 3.93. The number of benzene rings is 2. The van der Waals surface area contributed by atoms with Crippen molar-refractivity contribution >= 4 is 11.8 Å². The number of carbonyl (C=O) groups is 1. The van der Waals surface area contributed by atoms with Gasteiger partial charge >= 0.3 is 5.97 Å². The van der Waals surface area contributed by atoms with Crippen molar-refractivity contribution in [1.82, 2.24) is 9.97 Å². The lowest BCUT2D eigenvalue weighted by Gasteiger charge is -2.38. The number of aromatic nitrogens is 2. The molecule has 1 aliphatic rings. The molecule has 6 nitrogen and oxygen atoms in total. The Bertz CT molecular complexity index is 995. The Morgan fingerprint density at radius 2 is 1.70 bits per heavy atom. The summed E-state index contributed by atoms with van der Waals surface area (Å²) >= 11 is 0. The number of anilines is 1. The van der Waals surface area contributed by atoms with Crippen molar-refractivity contribution in [3.05, 3.63) is 66.9 Å². The summed E-state index contributed by atoms with van der Waals surface area (Å²) in [6.07, 6.45) is 3.32. The maximum absolute atomic E-state index is 10.8. The molecular weight excluding hydrogens is 378 g/mol. The molecule has 1 fully saturated rings. The zero-order valence-corrected chi connectivity index (χ0v) is 16.9. The number of carboxylic acids is 1. The Morgan fingerprint density at radius 3 is 2.30 bits per heavy atom. The Balaban J connectivity index is 1.63. The van der Waals surface area contributed by atoms with Crippen molar-refractivity contribution in [3.8, 4) is 22.5 Å². The molecule has 0 amide bonds. The number of rotatable bonds is 6. The molecule has 0 unspecified atom stereocenters. The van der Waals surface area contributed by atoms with Gasteiger partial charge in [-0.05, 0) is 19.8 Å². The first-order valence-corrected chi connectivity index (χ1v) is 10.2. The minimum absolute atomic E-state index is 0.0440. The van der Waals surface area contributed by atoms with E-state index in [1.807, 2.05) is 54.7 Å². The van der Waals surface area contributed by atoms with E-state index in [1.165, 1.54) is 0 Å². The standard InChI is InChI=1S/C24H25N3O3/c1-17-14-20(30-16-22(28)29)12-13-27(17)21-15-25-23(18-8-4-2-5-9-18)24(26-21)19-10-6-3-7-11-19/h2-11,15,17,20H,12-14,16H2,1H3,(H,28,29)/t17-,20+/m0/s1. The molecule has 1 N–H and O–H groups in total. The molecule has 0 bridgehead atoms. The van der Waals surface area contributed by atoms with Gasteiger partial charge in [-0.25, -0.2) is 9.78 Å². The normalized spacial score (nSPS) is 18.9. The van der Waals surface area contributed by atoms with Gasteiger partial charge in [0.25, 0.3) is 0 Å². The number of hydrogen-bond donors (Lipinski definition) is 1. The van der Waals surface area contributed by atoms with Crippen LogP contribution in [0, 0.1) is 0 Å². The summed E-state index contributed by atoms with van der Waals surface area (Å²) in [6.45, 7) is 2.62. The van der Waals surface area contributed by atoms with Crippen molar-refractivity contribution in [2.75, 3.05) is 18.1 Å². The topological polar surface area (TPSA) is 75.6 Å². The second-order valence-corrected chi connectivity index (χ2v) is 7.55. The van der Waals surface area contributed by atoms with Crippen molar-refractivity contribution in [2.24, 2.45) is 0 Å². The predicted octanol–water partition coefficient (Wildman–Crippen LogP) is 4.27. The van der Waals surface area contributed by atoms with Crippen molar-refractivity contribution in [1.29, 1.82) is 0 Å². The van der Waals surface area contributed by atoms with Gasteiger partial charge in [-0.3, -0.25) is 4.98 Å². The summed E-state index contributed by atoms with van der Waals surface area (Å²) in [5, 5.41) is 8.85. The lowest BCUT2D eigenvalue weighted by Crippen LogP contribution is -2.44. The molecule has 6 heteroatoms. The molecular formula is C24H25N3O3. The average molecular weight is 403 g/mol. The molecule has 4 rings (SSSR count). The molecule has 1 saturated heterocycles. The SMILES string of the molecule is C[C@H]1C[C@H](OCC(=O)O)CCN1c1cnc(-c2ccccc2)c(-c2ccccc2)n1.